The summed E-state index contributed by atoms with van der Waals surface area (Å²) in [6.45, 7) is 3.00. The van der Waals surface area contributed by atoms with Gasteiger partial charge in [-0.15, -0.1) is 0 Å². The predicted molar refractivity (Wildman–Crippen MR) is 97.5 cm³/mol. The van der Waals surface area contributed by atoms with Crippen molar-refractivity contribution in [3.63, 3.8) is 0 Å². The van der Waals surface area contributed by atoms with E-state index in [4.69, 9.17) is 9.72 Å². The van der Waals surface area contributed by atoms with Gasteiger partial charge in [0.25, 0.3) is 0 Å². The number of anilines is 1. The molecule has 1 unspecified atom stereocenters. The minimum Gasteiger partial charge on any atom is -0.370 e. The lowest BCUT2D eigenvalue weighted by Crippen LogP contribution is -2.21. The van der Waals surface area contributed by atoms with Gasteiger partial charge >= 0.3 is 0 Å². The van der Waals surface area contributed by atoms with E-state index in [-0.39, 0.29) is 18.6 Å². The molecule has 1 aliphatic heterocycles. The van der Waals surface area contributed by atoms with Crippen molar-refractivity contribution in [3.05, 3.63) is 59.9 Å². The van der Waals surface area contributed by atoms with Crippen LogP contribution in [-0.2, 0) is 16.1 Å². The first-order valence-corrected chi connectivity index (χ1v) is 8.64. The fourth-order valence-corrected chi connectivity index (χ4v) is 3.27. The molecule has 1 atom stereocenters. The van der Waals surface area contributed by atoms with Gasteiger partial charge in [0.2, 0.25) is 5.91 Å². The van der Waals surface area contributed by atoms with Crippen LogP contribution in [0.4, 0.5) is 5.69 Å². The second-order valence-electron chi connectivity index (χ2n) is 6.46. The molecule has 0 bridgehead atoms. The molecular formula is C20H21N3O2. The highest BCUT2D eigenvalue weighted by Crippen LogP contribution is 2.30. The van der Waals surface area contributed by atoms with Crippen LogP contribution in [0.5, 0.6) is 0 Å². The molecule has 3 aromatic rings. The van der Waals surface area contributed by atoms with E-state index < -0.39 is 0 Å². The number of aryl methyl sites for hydroxylation is 1. The van der Waals surface area contributed by atoms with Gasteiger partial charge in [-0.2, -0.15) is 0 Å². The molecule has 4 rings (SSSR count). The summed E-state index contributed by atoms with van der Waals surface area (Å²) in [7, 11) is 0. The molecule has 0 radical (unpaired) electrons. The third kappa shape index (κ3) is 3.28. The highest BCUT2D eigenvalue weighted by Gasteiger charge is 2.25. The van der Waals surface area contributed by atoms with Crippen LogP contribution in [0, 0.1) is 6.92 Å². The van der Waals surface area contributed by atoms with Gasteiger partial charge in [-0.25, -0.2) is 4.98 Å². The minimum atomic E-state index is -0.0637. The van der Waals surface area contributed by atoms with Crippen molar-refractivity contribution in [1.29, 1.82) is 0 Å². The number of carbonyl (C=O) groups is 1. The van der Waals surface area contributed by atoms with Crippen LogP contribution >= 0.6 is 0 Å². The summed E-state index contributed by atoms with van der Waals surface area (Å²) < 4.78 is 7.79. The Bertz CT molecular complexity index is 893. The topological polar surface area (TPSA) is 56.2 Å². The first-order valence-electron chi connectivity index (χ1n) is 8.64. The van der Waals surface area contributed by atoms with E-state index in [0.29, 0.717) is 0 Å². The Morgan fingerprint density at radius 3 is 2.80 bits per heavy atom. The van der Waals surface area contributed by atoms with Crippen LogP contribution in [-0.4, -0.2) is 22.1 Å². The molecule has 1 aliphatic rings. The molecule has 0 spiro atoms. The molecule has 5 nitrogen and oxygen atoms in total. The molecule has 128 valence electrons. The molecule has 25 heavy (non-hydrogen) atoms. The van der Waals surface area contributed by atoms with Crippen LogP contribution in [0.25, 0.3) is 11.0 Å². The number of hydrogen-bond acceptors (Lipinski definition) is 3. The molecule has 1 saturated heterocycles. The number of hydrogen-bond donors (Lipinski definition) is 1. The third-order valence-corrected chi connectivity index (χ3v) is 4.54. The summed E-state index contributed by atoms with van der Waals surface area (Å²) in [6.07, 6.45) is 1.95. The number of para-hydroxylation sites is 2. The number of nitrogens with zero attached hydrogens (tertiary/aromatic N) is 2. The average molecular weight is 335 g/mol. The number of carbonyl (C=O) groups excluding carboxylic acids is 1. The summed E-state index contributed by atoms with van der Waals surface area (Å²) >= 11 is 0. The number of aromatic nitrogens is 2. The zero-order chi connectivity index (χ0) is 17.2. The number of fused-ring (bicyclic) bond motifs is 1. The van der Waals surface area contributed by atoms with Crippen molar-refractivity contribution in [3.8, 4) is 0 Å². The Morgan fingerprint density at radius 1 is 1.24 bits per heavy atom. The van der Waals surface area contributed by atoms with Crippen molar-refractivity contribution in [2.45, 2.75) is 32.4 Å². The standard InChI is InChI=1S/C20H21N3O2/c1-14-8-10-15(11-9-14)21-19(24)13-23-17-6-3-2-5-16(17)22-20(23)18-7-4-12-25-18/h2-3,5-6,8-11,18H,4,7,12-13H2,1H3,(H,21,24). The van der Waals surface area contributed by atoms with Gasteiger partial charge < -0.3 is 14.6 Å². The fraction of sp³-hybridized carbons (Fsp3) is 0.300. The quantitative estimate of drug-likeness (QED) is 0.788. The number of rotatable bonds is 4. The molecule has 1 amide bonds. The van der Waals surface area contributed by atoms with Gasteiger partial charge in [0.05, 0.1) is 11.0 Å². The van der Waals surface area contributed by atoms with Gasteiger partial charge in [0, 0.05) is 12.3 Å². The highest BCUT2D eigenvalue weighted by atomic mass is 16.5. The zero-order valence-corrected chi connectivity index (χ0v) is 14.2. The molecule has 0 saturated carbocycles. The number of benzene rings is 2. The fourth-order valence-electron chi connectivity index (χ4n) is 3.27. The summed E-state index contributed by atoms with van der Waals surface area (Å²) in [5, 5.41) is 2.96. The maximum atomic E-state index is 12.6. The second kappa shape index (κ2) is 6.69. The van der Waals surface area contributed by atoms with E-state index in [1.54, 1.807) is 0 Å². The maximum Gasteiger partial charge on any atom is 0.244 e. The molecule has 5 heteroatoms. The predicted octanol–water partition coefficient (Wildman–Crippen LogP) is 3.83. The SMILES string of the molecule is Cc1ccc(NC(=O)Cn2c(C3CCCO3)nc3ccccc32)cc1. The van der Waals surface area contributed by atoms with Crippen molar-refractivity contribution in [2.75, 3.05) is 11.9 Å². The number of imidazole rings is 1. The normalized spacial score (nSPS) is 17.1. The summed E-state index contributed by atoms with van der Waals surface area (Å²) in [5.41, 5.74) is 3.83. The number of nitrogens with one attached hydrogen (secondary N) is 1. The summed E-state index contributed by atoms with van der Waals surface area (Å²) in [4.78, 5) is 17.3. The molecule has 2 aromatic carbocycles. The van der Waals surface area contributed by atoms with Gasteiger partial charge in [-0.05, 0) is 44.0 Å². The smallest absolute Gasteiger partial charge is 0.244 e. The van der Waals surface area contributed by atoms with Crippen LogP contribution < -0.4 is 5.32 Å². The Labute approximate surface area is 146 Å². The summed E-state index contributed by atoms with van der Waals surface area (Å²) in [5.74, 6) is 0.781. The molecular weight excluding hydrogens is 314 g/mol. The van der Waals surface area contributed by atoms with E-state index in [1.165, 1.54) is 5.56 Å². The maximum absolute atomic E-state index is 12.6. The first kappa shape index (κ1) is 15.8. The highest BCUT2D eigenvalue weighted by molar-refractivity contribution is 5.91. The minimum absolute atomic E-state index is 0.0282. The third-order valence-electron chi connectivity index (χ3n) is 4.54. The first-order chi connectivity index (χ1) is 12.2. The van der Waals surface area contributed by atoms with Gasteiger partial charge in [0.1, 0.15) is 18.5 Å². The lowest BCUT2D eigenvalue weighted by molar-refractivity contribution is -0.116. The number of ether oxygens (including phenoxy) is 1. The largest absolute Gasteiger partial charge is 0.370 e. The van der Waals surface area contributed by atoms with Gasteiger partial charge in [0.15, 0.2) is 0 Å². The zero-order valence-electron chi connectivity index (χ0n) is 14.2. The van der Waals surface area contributed by atoms with E-state index in [9.17, 15) is 4.79 Å². The van der Waals surface area contributed by atoms with Crippen molar-refractivity contribution in [1.82, 2.24) is 9.55 Å². The van der Waals surface area contributed by atoms with E-state index in [0.717, 1.165) is 42.0 Å². The molecule has 0 aliphatic carbocycles. The number of amides is 1. The van der Waals surface area contributed by atoms with Crippen molar-refractivity contribution in [2.24, 2.45) is 0 Å². The van der Waals surface area contributed by atoms with E-state index in [1.807, 2.05) is 60.0 Å². The van der Waals surface area contributed by atoms with Crippen LogP contribution in [0.1, 0.15) is 30.3 Å². The lowest BCUT2D eigenvalue weighted by atomic mass is 10.2. The monoisotopic (exact) mass is 335 g/mol. The van der Waals surface area contributed by atoms with E-state index >= 15 is 0 Å². The average Bonchev–Trinajstić information content (AvgIpc) is 3.25. The Hall–Kier alpha value is -2.66. The van der Waals surface area contributed by atoms with E-state index in [2.05, 4.69) is 5.32 Å². The second-order valence-corrected chi connectivity index (χ2v) is 6.46. The van der Waals surface area contributed by atoms with Crippen LogP contribution in [0.15, 0.2) is 48.5 Å². The van der Waals surface area contributed by atoms with Gasteiger partial charge in [-0.3, -0.25) is 4.79 Å². The van der Waals surface area contributed by atoms with Gasteiger partial charge in [-0.1, -0.05) is 29.8 Å². The van der Waals surface area contributed by atoms with Crippen molar-refractivity contribution >= 4 is 22.6 Å². The lowest BCUT2D eigenvalue weighted by Gasteiger charge is -2.13. The van der Waals surface area contributed by atoms with Crippen LogP contribution in [0.3, 0.4) is 0 Å². The Balaban J connectivity index is 1.62. The molecule has 1 fully saturated rings. The Morgan fingerprint density at radius 2 is 2.04 bits per heavy atom. The Kier molecular flexibility index (Phi) is 4.24. The van der Waals surface area contributed by atoms with Crippen LogP contribution in [0.2, 0.25) is 0 Å². The molecule has 1 N–H and O–H groups in total. The van der Waals surface area contributed by atoms with Crippen molar-refractivity contribution < 1.29 is 9.53 Å². The summed E-state index contributed by atoms with van der Waals surface area (Å²) in [6, 6.07) is 15.7. The molecule has 1 aromatic heterocycles. The molecule has 2 heterocycles.